The van der Waals surface area contributed by atoms with E-state index in [-0.39, 0.29) is 11.4 Å². The van der Waals surface area contributed by atoms with Gasteiger partial charge in [0.05, 0.1) is 5.69 Å². The Kier molecular flexibility index (Phi) is 3.94. The van der Waals surface area contributed by atoms with Crippen LogP contribution in [0.1, 0.15) is 29.4 Å². The van der Waals surface area contributed by atoms with E-state index in [1.165, 1.54) is 11.3 Å². The number of rotatable bonds is 2. The molecule has 1 aliphatic heterocycles. The quantitative estimate of drug-likeness (QED) is 0.851. The normalized spacial score (nSPS) is 17.8. The van der Waals surface area contributed by atoms with Crippen LogP contribution < -0.4 is 11.1 Å². The van der Waals surface area contributed by atoms with Crippen LogP contribution in [0.25, 0.3) is 10.1 Å². The molecule has 1 aliphatic rings. The van der Waals surface area contributed by atoms with Crippen molar-refractivity contribution in [2.24, 2.45) is 0 Å². The van der Waals surface area contributed by atoms with E-state index in [0.717, 1.165) is 27.4 Å². The van der Waals surface area contributed by atoms with E-state index < -0.39 is 0 Å². The van der Waals surface area contributed by atoms with Gasteiger partial charge in [0.15, 0.2) is 0 Å². The van der Waals surface area contributed by atoms with Gasteiger partial charge in [-0.05, 0) is 38.0 Å². The predicted molar refractivity (Wildman–Crippen MR) is 89.9 cm³/mol. The summed E-state index contributed by atoms with van der Waals surface area (Å²) in [6, 6.07) is 5.89. The molecule has 112 valence electrons. The number of nitrogens with two attached hydrogens (primary N) is 1. The first-order valence-corrected chi connectivity index (χ1v) is 8.47. The highest BCUT2D eigenvalue weighted by molar-refractivity contribution is 9.10. The highest BCUT2D eigenvalue weighted by Crippen LogP contribution is 2.35. The van der Waals surface area contributed by atoms with Gasteiger partial charge in [-0.25, -0.2) is 0 Å². The molecule has 6 heteroatoms. The van der Waals surface area contributed by atoms with Crippen LogP contribution in [0, 0.1) is 0 Å². The highest BCUT2D eigenvalue weighted by Gasteiger charge is 2.30. The molecule has 1 saturated heterocycles. The lowest BCUT2D eigenvalue weighted by molar-refractivity contribution is 0.0424. The molecule has 2 aromatic rings. The summed E-state index contributed by atoms with van der Waals surface area (Å²) >= 11 is 4.87. The molecule has 1 aromatic carbocycles. The third-order valence-electron chi connectivity index (χ3n) is 3.91. The summed E-state index contributed by atoms with van der Waals surface area (Å²) in [6.45, 7) is 3.44. The lowest BCUT2D eigenvalue weighted by Gasteiger charge is -2.34. The zero-order chi connectivity index (χ0) is 15.0. The Morgan fingerprint density at radius 1 is 1.43 bits per heavy atom. The van der Waals surface area contributed by atoms with E-state index in [2.05, 4.69) is 28.2 Å². The fourth-order valence-electron chi connectivity index (χ4n) is 2.54. The minimum absolute atomic E-state index is 0.0887. The van der Waals surface area contributed by atoms with E-state index in [9.17, 15) is 4.79 Å². The minimum Gasteiger partial charge on any atom is -0.397 e. The molecular weight excluding hydrogens is 352 g/mol. The Balaban J connectivity index is 1.89. The summed E-state index contributed by atoms with van der Waals surface area (Å²) < 4.78 is 7.35. The first-order valence-electron chi connectivity index (χ1n) is 6.86. The number of fused-ring (bicyclic) bond motifs is 1. The van der Waals surface area contributed by atoms with Crippen molar-refractivity contribution in [1.82, 2.24) is 5.32 Å². The molecule has 3 rings (SSSR count). The van der Waals surface area contributed by atoms with Crippen LogP contribution in [-0.2, 0) is 4.74 Å². The van der Waals surface area contributed by atoms with Gasteiger partial charge >= 0.3 is 0 Å². The molecule has 1 fully saturated rings. The molecule has 1 amide bonds. The van der Waals surface area contributed by atoms with Crippen molar-refractivity contribution < 1.29 is 9.53 Å². The second kappa shape index (κ2) is 5.59. The molecule has 4 nitrogen and oxygen atoms in total. The minimum atomic E-state index is -0.210. The van der Waals surface area contributed by atoms with E-state index in [1.807, 2.05) is 18.2 Å². The Labute approximate surface area is 135 Å². The van der Waals surface area contributed by atoms with Gasteiger partial charge in [0.1, 0.15) is 4.88 Å². The van der Waals surface area contributed by atoms with Gasteiger partial charge in [0.25, 0.3) is 5.91 Å². The molecule has 2 heterocycles. The van der Waals surface area contributed by atoms with E-state index in [1.54, 1.807) is 0 Å². The number of ether oxygens (including phenoxy) is 1. The standard InChI is InChI=1S/C15H17BrN2O2S/c1-15(4-6-20-7-5-15)18-14(19)13-12(17)10-8-9(16)2-3-11(10)21-13/h2-3,8H,4-7,17H2,1H3,(H,18,19). The third kappa shape index (κ3) is 2.93. The summed E-state index contributed by atoms with van der Waals surface area (Å²) in [6.07, 6.45) is 1.66. The van der Waals surface area contributed by atoms with E-state index >= 15 is 0 Å². The molecule has 0 unspecified atom stereocenters. The van der Waals surface area contributed by atoms with Gasteiger partial charge in [0.2, 0.25) is 0 Å². The van der Waals surface area contributed by atoms with Crippen molar-refractivity contribution in [2.75, 3.05) is 18.9 Å². The number of carbonyl (C=O) groups excluding carboxylic acids is 1. The Morgan fingerprint density at radius 2 is 2.14 bits per heavy atom. The van der Waals surface area contributed by atoms with Crippen LogP contribution in [0.2, 0.25) is 0 Å². The Morgan fingerprint density at radius 3 is 2.86 bits per heavy atom. The van der Waals surface area contributed by atoms with Gasteiger partial charge in [-0.2, -0.15) is 0 Å². The van der Waals surface area contributed by atoms with Crippen molar-refractivity contribution in [2.45, 2.75) is 25.3 Å². The molecule has 1 aromatic heterocycles. The number of amides is 1. The Bertz CT molecular complexity index is 692. The van der Waals surface area contributed by atoms with E-state index in [0.29, 0.717) is 23.8 Å². The van der Waals surface area contributed by atoms with Crippen LogP contribution in [0.3, 0.4) is 0 Å². The smallest absolute Gasteiger partial charge is 0.263 e. The predicted octanol–water partition coefficient (Wildman–Crippen LogP) is 3.54. The summed E-state index contributed by atoms with van der Waals surface area (Å²) in [5.41, 5.74) is 6.51. The van der Waals surface area contributed by atoms with Crippen LogP contribution in [0.4, 0.5) is 5.69 Å². The topological polar surface area (TPSA) is 64.4 Å². The monoisotopic (exact) mass is 368 g/mol. The molecule has 0 radical (unpaired) electrons. The maximum absolute atomic E-state index is 12.6. The zero-order valence-corrected chi connectivity index (χ0v) is 14.1. The molecule has 0 atom stereocenters. The average Bonchev–Trinajstić information content (AvgIpc) is 2.76. The van der Waals surface area contributed by atoms with E-state index in [4.69, 9.17) is 10.5 Å². The van der Waals surface area contributed by atoms with Crippen LogP contribution in [0.15, 0.2) is 22.7 Å². The number of carbonyl (C=O) groups is 1. The van der Waals surface area contributed by atoms with Crippen LogP contribution in [-0.4, -0.2) is 24.7 Å². The van der Waals surface area contributed by atoms with Gasteiger partial charge < -0.3 is 15.8 Å². The molecule has 0 bridgehead atoms. The van der Waals surface area contributed by atoms with Crippen molar-refractivity contribution in [1.29, 1.82) is 0 Å². The number of hydrogen-bond acceptors (Lipinski definition) is 4. The molecule has 21 heavy (non-hydrogen) atoms. The summed E-state index contributed by atoms with van der Waals surface area (Å²) in [7, 11) is 0. The zero-order valence-electron chi connectivity index (χ0n) is 11.7. The number of thiophene rings is 1. The summed E-state index contributed by atoms with van der Waals surface area (Å²) in [5.74, 6) is -0.0887. The van der Waals surface area contributed by atoms with Crippen molar-refractivity contribution in [3.8, 4) is 0 Å². The first kappa shape index (κ1) is 14.8. The maximum Gasteiger partial charge on any atom is 0.263 e. The summed E-state index contributed by atoms with van der Waals surface area (Å²) in [4.78, 5) is 13.2. The highest BCUT2D eigenvalue weighted by atomic mass is 79.9. The second-order valence-corrected chi connectivity index (χ2v) is 7.58. The molecular formula is C15H17BrN2O2S. The average molecular weight is 369 g/mol. The fraction of sp³-hybridized carbons (Fsp3) is 0.400. The van der Waals surface area contributed by atoms with Gasteiger partial charge in [0, 0.05) is 33.3 Å². The van der Waals surface area contributed by atoms with Crippen LogP contribution in [0.5, 0.6) is 0 Å². The van der Waals surface area contributed by atoms with Gasteiger partial charge in [-0.3, -0.25) is 4.79 Å². The third-order valence-corrected chi connectivity index (χ3v) is 5.58. The number of nitrogens with one attached hydrogen (secondary N) is 1. The largest absolute Gasteiger partial charge is 0.397 e. The van der Waals surface area contributed by atoms with Crippen molar-refractivity contribution in [3.05, 3.63) is 27.5 Å². The summed E-state index contributed by atoms with van der Waals surface area (Å²) in [5, 5.41) is 4.06. The van der Waals surface area contributed by atoms with Crippen molar-refractivity contribution in [3.63, 3.8) is 0 Å². The molecule has 3 N–H and O–H groups in total. The maximum atomic E-state index is 12.6. The number of benzene rings is 1. The van der Waals surface area contributed by atoms with Gasteiger partial charge in [-0.1, -0.05) is 15.9 Å². The molecule has 0 saturated carbocycles. The fourth-order valence-corrected chi connectivity index (χ4v) is 3.89. The van der Waals surface area contributed by atoms with Gasteiger partial charge in [-0.15, -0.1) is 11.3 Å². The van der Waals surface area contributed by atoms with Crippen molar-refractivity contribution >= 4 is 48.9 Å². The number of anilines is 1. The molecule has 0 spiro atoms. The number of hydrogen-bond donors (Lipinski definition) is 2. The second-order valence-electron chi connectivity index (χ2n) is 5.61. The molecule has 0 aliphatic carbocycles. The lowest BCUT2D eigenvalue weighted by Crippen LogP contribution is -2.49. The van der Waals surface area contributed by atoms with Crippen LogP contribution >= 0.6 is 27.3 Å². The first-order chi connectivity index (χ1) is 9.98. The lowest BCUT2D eigenvalue weighted by atomic mass is 9.92. The number of nitrogen functional groups attached to an aromatic ring is 1. The number of halogens is 1. The Hall–Kier alpha value is -1.11. The SMILES string of the molecule is CC1(NC(=O)c2sc3ccc(Br)cc3c2N)CCOCC1.